The molecule has 22 heavy (non-hydrogen) atoms. The van der Waals surface area contributed by atoms with Crippen LogP contribution in [0.15, 0.2) is 48.5 Å². The van der Waals surface area contributed by atoms with E-state index < -0.39 is 6.09 Å². The van der Waals surface area contributed by atoms with E-state index in [0.29, 0.717) is 0 Å². The van der Waals surface area contributed by atoms with Gasteiger partial charge >= 0.3 is 6.09 Å². The first-order valence-electron chi connectivity index (χ1n) is 7.16. The summed E-state index contributed by atoms with van der Waals surface area (Å²) in [6.07, 6.45) is -0.459. The minimum Gasteiger partial charge on any atom is -0.445 e. The van der Waals surface area contributed by atoms with Gasteiger partial charge in [0, 0.05) is 5.56 Å². The maximum Gasteiger partial charge on any atom is 0.408 e. The van der Waals surface area contributed by atoms with Crippen LogP contribution in [-0.4, -0.2) is 12.6 Å². The SMILES string of the molecule is Cc1ccc(C)c(C#CCNC(=O)OCc2ccccc2)c1. The highest BCUT2D eigenvalue weighted by Gasteiger charge is 2.00. The van der Waals surface area contributed by atoms with E-state index in [0.717, 1.165) is 16.7 Å². The summed E-state index contributed by atoms with van der Waals surface area (Å²) in [5.74, 6) is 6.00. The van der Waals surface area contributed by atoms with Gasteiger partial charge in [-0.2, -0.15) is 0 Å². The van der Waals surface area contributed by atoms with Gasteiger partial charge in [-0.3, -0.25) is 0 Å². The van der Waals surface area contributed by atoms with Crippen molar-refractivity contribution in [2.24, 2.45) is 0 Å². The smallest absolute Gasteiger partial charge is 0.408 e. The lowest BCUT2D eigenvalue weighted by atomic mass is 10.1. The molecule has 0 radical (unpaired) electrons. The molecule has 112 valence electrons. The lowest BCUT2D eigenvalue weighted by Crippen LogP contribution is -2.24. The van der Waals surface area contributed by atoms with Gasteiger partial charge in [0.1, 0.15) is 6.61 Å². The van der Waals surface area contributed by atoms with Gasteiger partial charge in [-0.25, -0.2) is 4.79 Å². The minimum atomic E-state index is -0.459. The molecule has 1 amide bonds. The van der Waals surface area contributed by atoms with Gasteiger partial charge in [0.15, 0.2) is 0 Å². The number of rotatable bonds is 3. The Morgan fingerprint density at radius 1 is 1.14 bits per heavy atom. The quantitative estimate of drug-likeness (QED) is 0.878. The van der Waals surface area contributed by atoms with Gasteiger partial charge in [-0.15, -0.1) is 0 Å². The summed E-state index contributed by atoms with van der Waals surface area (Å²) in [6.45, 7) is 4.58. The molecule has 0 aromatic heterocycles. The first kappa shape index (κ1) is 15.7. The maximum absolute atomic E-state index is 11.5. The number of carbonyl (C=O) groups excluding carboxylic acids is 1. The molecular weight excluding hydrogens is 274 g/mol. The summed E-state index contributed by atoms with van der Waals surface area (Å²) >= 11 is 0. The molecule has 0 spiro atoms. The van der Waals surface area contributed by atoms with Crippen molar-refractivity contribution < 1.29 is 9.53 Å². The number of benzene rings is 2. The second-order valence-corrected chi connectivity index (χ2v) is 5.04. The fourth-order valence-corrected chi connectivity index (χ4v) is 1.90. The van der Waals surface area contributed by atoms with Crippen molar-refractivity contribution in [2.75, 3.05) is 6.54 Å². The number of hydrogen-bond donors (Lipinski definition) is 1. The number of carbonyl (C=O) groups is 1. The third-order valence-corrected chi connectivity index (χ3v) is 3.15. The Hall–Kier alpha value is -2.73. The van der Waals surface area contributed by atoms with Crippen molar-refractivity contribution in [3.05, 3.63) is 70.8 Å². The predicted molar refractivity (Wildman–Crippen MR) is 87.4 cm³/mol. The fraction of sp³-hybridized carbons (Fsp3) is 0.211. The first-order chi connectivity index (χ1) is 10.6. The van der Waals surface area contributed by atoms with Crippen LogP contribution in [0.3, 0.4) is 0 Å². The van der Waals surface area contributed by atoms with Gasteiger partial charge in [-0.1, -0.05) is 54.3 Å². The zero-order valence-electron chi connectivity index (χ0n) is 12.8. The molecule has 0 bridgehead atoms. The summed E-state index contributed by atoms with van der Waals surface area (Å²) in [6, 6.07) is 15.7. The van der Waals surface area contributed by atoms with Crippen LogP contribution in [-0.2, 0) is 11.3 Å². The van der Waals surface area contributed by atoms with Crippen molar-refractivity contribution in [2.45, 2.75) is 20.5 Å². The van der Waals surface area contributed by atoms with Crippen molar-refractivity contribution in [1.29, 1.82) is 0 Å². The molecule has 3 heteroatoms. The van der Waals surface area contributed by atoms with E-state index in [1.54, 1.807) is 0 Å². The molecule has 0 unspecified atom stereocenters. The molecule has 2 aromatic carbocycles. The minimum absolute atomic E-state index is 0.261. The molecule has 0 aliphatic rings. The van der Waals surface area contributed by atoms with Crippen LogP contribution in [0.25, 0.3) is 0 Å². The molecule has 0 fully saturated rings. The second kappa shape index (κ2) is 7.90. The van der Waals surface area contributed by atoms with E-state index in [1.807, 2.05) is 56.3 Å². The average molecular weight is 293 g/mol. The number of aryl methyl sites for hydroxylation is 2. The van der Waals surface area contributed by atoms with E-state index in [9.17, 15) is 4.79 Å². The Bertz CT molecular complexity index is 696. The second-order valence-electron chi connectivity index (χ2n) is 5.04. The molecule has 0 saturated carbocycles. The molecule has 0 atom stereocenters. The van der Waals surface area contributed by atoms with Gasteiger partial charge in [0.05, 0.1) is 6.54 Å². The topological polar surface area (TPSA) is 38.3 Å². The molecule has 2 rings (SSSR count). The highest BCUT2D eigenvalue weighted by atomic mass is 16.5. The third-order valence-electron chi connectivity index (χ3n) is 3.15. The number of nitrogens with one attached hydrogen (secondary N) is 1. The molecular formula is C19H19NO2. The van der Waals surface area contributed by atoms with E-state index >= 15 is 0 Å². The highest BCUT2D eigenvalue weighted by Crippen LogP contribution is 2.08. The summed E-state index contributed by atoms with van der Waals surface area (Å²) < 4.78 is 5.11. The summed E-state index contributed by atoms with van der Waals surface area (Å²) in [5, 5.41) is 2.62. The Morgan fingerprint density at radius 3 is 2.68 bits per heavy atom. The molecule has 2 aromatic rings. The highest BCUT2D eigenvalue weighted by molar-refractivity contribution is 5.67. The van der Waals surface area contributed by atoms with E-state index in [1.165, 1.54) is 5.56 Å². The normalized spacial score (nSPS) is 9.55. The van der Waals surface area contributed by atoms with Crippen molar-refractivity contribution >= 4 is 6.09 Å². The van der Waals surface area contributed by atoms with Crippen LogP contribution in [0.5, 0.6) is 0 Å². The Kier molecular flexibility index (Phi) is 5.62. The zero-order chi connectivity index (χ0) is 15.8. The van der Waals surface area contributed by atoms with Gasteiger partial charge in [-0.05, 0) is 36.6 Å². The van der Waals surface area contributed by atoms with Crippen LogP contribution < -0.4 is 5.32 Å². The van der Waals surface area contributed by atoms with Crippen molar-refractivity contribution in [3.8, 4) is 11.8 Å². The van der Waals surface area contributed by atoms with Crippen molar-refractivity contribution in [1.82, 2.24) is 5.32 Å². The first-order valence-corrected chi connectivity index (χ1v) is 7.16. The number of amides is 1. The third kappa shape index (κ3) is 4.99. The number of hydrogen-bond acceptors (Lipinski definition) is 2. The van der Waals surface area contributed by atoms with E-state index in [4.69, 9.17) is 4.74 Å². The van der Waals surface area contributed by atoms with E-state index in [2.05, 4.69) is 23.2 Å². The molecule has 3 nitrogen and oxygen atoms in total. The van der Waals surface area contributed by atoms with Crippen LogP contribution >= 0.6 is 0 Å². The van der Waals surface area contributed by atoms with Crippen molar-refractivity contribution in [3.63, 3.8) is 0 Å². The molecule has 1 N–H and O–H groups in total. The lowest BCUT2D eigenvalue weighted by molar-refractivity contribution is 0.141. The summed E-state index contributed by atoms with van der Waals surface area (Å²) in [7, 11) is 0. The van der Waals surface area contributed by atoms with Gasteiger partial charge in [0.2, 0.25) is 0 Å². The lowest BCUT2D eigenvalue weighted by Gasteiger charge is -2.04. The van der Waals surface area contributed by atoms with Crippen LogP contribution in [0.2, 0.25) is 0 Å². The van der Waals surface area contributed by atoms with E-state index in [-0.39, 0.29) is 13.2 Å². The number of ether oxygens (including phenoxy) is 1. The monoisotopic (exact) mass is 293 g/mol. The number of alkyl carbamates (subject to hydrolysis) is 1. The summed E-state index contributed by atoms with van der Waals surface area (Å²) in [4.78, 5) is 11.5. The zero-order valence-corrected chi connectivity index (χ0v) is 12.8. The molecule has 0 heterocycles. The maximum atomic E-state index is 11.5. The fourth-order valence-electron chi connectivity index (χ4n) is 1.90. The van der Waals surface area contributed by atoms with Gasteiger partial charge in [0.25, 0.3) is 0 Å². The average Bonchev–Trinajstić information content (AvgIpc) is 2.53. The Balaban J connectivity index is 1.78. The molecule has 0 aliphatic heterocycles. The predicted octanol–water partition coefficient (Wildman–Crippen LogP) is 3.58. The standard InChI is InChI=1S/C19H19NO2/c1-15-10-11-16(2)18(13-15)9-6-12-20-19(21)22-14-17-7-4-3-5-8-17/h3-5,7-8,10-11,13H,12,14H2,1-2H3,(H,20,21). The largest absolute Gasteiger partial charge is 0.445 e. The van der Waals surface area contributed by atoms with Crippen LogP contribution in [0.1, 0.15) is 22.3 Å². The molecule has 0 aliphatic carbocycles. The summed E-state index contributed by atoms with van der Waals surface area (Å²) in [5.41, 5.74) is 4.24. The molecule has 0 saturated heterocycles. The van der Waals surface area contributed by atoms with Crippen LogP contribution in [0, 0.1) is 25.7 Å². The van der Waals surface area contributed by atoms with Gasteiger partial charge < -0.3 is 10.1 Å². The van der Waals surface area contributed by atoms with Crippen LogP contribution in [0.4, 0.5) is 4.79 Å². The Morgan fingerprint density at radius 2 is 1.91 bits per heavy atom. The Labute approximate surface area is 131 Å².